The van der Waals surface area contributed by atoms with Gasteiger partial charge in [0.05, 0.1) is 5.92 Å². The largest absolute Gasteiger partial charge is 0.481 e. The quantitative estimate of drug-likeness (QED) is 0.237. The molecular formula is C13H34N4O7. The van der Waals surface area contributed by atoms with Crippen LogP contribution in [0, 0.1) is 17.8 Å². The minimum atomic E-state index is -0.880. The summed E-state index contributed by atoms with van der Waals surface area (Å²) in [6, 6.07) is 0. The van der Waals surface area contributed by atoms with Crippen LogP contribution in [-0.4, -0.2) is 38.8 Å². The van der Waals surface area contributed by atoms with Gasteiger partial charge in [-0.25, -0.2) is 11.4 Å². The van der Waals surface area contributed by atoms with Gasteiger partial charge >= 0.3 is 5.97 Å². The predicted octanol–water partition coefficient (Wildman–Crippen LogP) is -0.182. The lowest BCUT2D eigenvalue weighted by molar-refractivity contribution is -0.142. The molecule has 24 heavy (non-hydrogen) atoms. The van der Waals surface area contributed by atoms with Crippen LogP contribution in [0.25, 0.3) is 0 Å². The lowest BCUT2D eigenvalue weighted by Crippen LogP contribution is -2.26. The standard InChI is InChI=1S/C8H15NO3.C5H11NO2.H3NO.H3N.H2O/c1-3-6(7(9)10)4-5(2)8(11)12;1-3-4(2)5(7)6-8;1-2;;/h5-6H,3-4H2,1-2H3,(H2,9,10)(H,11,12);4,8H,3H2,1-2H3,(H,6,7);2H,1H2;1H3;1H2. The highest BCUT2D eigenvalue weighted by molar-refractivity contribution is 5.78. The summed E-state index contributed by atoms with van der Waals surface area (Å²) in [4.78, 5) is 31.5. The SMILES string of the molecule is CCC(C)C(=O)NO.CCC(CC(C)C(=O)O)C(N)=O.N.NO.O. The first-order valence-corrected chi connectivity index (χ1v) is 6.92. The first kappa shape index (κ1) is 33.7. The molecule has 0 saturated carbocycles. The number of hydrogen-bond acceptors (Lipinski definition) is 7. The number of hydroxylamine groups is 1. The van der Waals surface area contributed by atoms with Crippen molar-refractivity contribution in [2.24, 2.45) is 29.4 Å². The van der Waals surface area contributed by atoms with Gasteiger partial charge in [-0.05, 0) is 19.3 Å². The molecule has 0 spiro atoms. The molecule has 0 aliphatic carbocycles. The van der Waals surface area contributed by atoms with Crippen molar-refractivity contribution >= 4 is 17.8 Å². The number of carboxylic acid groups (broad SMARTS) is 1. The zero-order valence-electron chi connectivity index (χ0n) is 14.8. The summed E-state index contributed by atoms with van der Waals surface area (Å²) in [6.45, 7) is 7.05. The van der Waals surface area contributed by atoms with Crippen molar-refractivity contribution in [3.8, 4) is 0 Å². The van der Waals surface area contributed by atoms with E-state index >= 15 is 0 Å². The van der Waals surface area contributed by atoms with Crippen molar-refractivity contribution in [3.63, 3.8) is 0 Å². The molecule has 0 radical (unpaired) electrons. The average Bonchev–Trinajstić information content (AvgIpc) is 2.52. The molecule has 0 aromatic rings. The summed E-state index contributed by atoms with van der Waals surface area (Å²) >= 11 is 0. The Hall–Kier alpha value is -1.79. The Morgan fingerprint density at radius 2 is 1.46 bits per heavy atom. The Bertz CT molecular complexity index is 329. The van der Waals surface area contributed by atoms with Crippen LogP contribution in [0.3, 0.4) is 0 Å². The third kappa shape index (κ3) is 18.3. The summed E-state index contributed by atoms with van der Waals surface area (Å²) in [5.74, 6) is 1.01. The molecule has 148 valence electrons. The van der Waals surface area contributed by atoms with E-state index in [9.17, 15) is 14.4 Å². The van der Waals surface area contributed by atoms with Gasteiger partial charge in [-0.3, -0.25) is 19.6 Å². The van der Waals surface area contributed by atoms with E-state index < -0.39 is 17.8 Å². The molecule has 3 unspecified atom stereocenters. The molecule has 0 aromatic carbocycles. The van der Waals surface area contributed by atoms with Gasteiger partial charge in [0.25, 0.3) is 0 Å². The van der Waals surface area contributed by atoms with Crippen LogP contribution >= 0.6 is 0 Å². The Morgan fingerprint density at radius 3 is 1.62 bits per heavy atom. The number of carbonyl (C=O) groups is 3. The second kappa shape index (κ2) is 21.2. The molecule has 2 amide bonds. The smallest absolute Gasteiger partial charge is 0.306 e. The fourth-order valence-corrected chi connectivity index (χ4v) is 1.31. The van der Waals surface area contributed by atoms with Crippen LogP contribution < -0.4 is 23.3 Å². The number of nitrogens with two attached hydrogens (primary N) is 2. The van der Waals surface area contributed by atoms with Crippen molar-refractivity contribution in [3.05, 3.63) is 0 Å². The van der Waals surface area contributed by atoms with Gasteiger partial charge in [0.2, 0.25) is 11.8 Å². The van der Waals surface area contributed by atoms with E-state index in [2.05, 4.69) is 5.90 Å². The van der Waals surface area contributed by atoms with E-state index in [1.54, 1.807) is 19.3 Å². The van der Waals surface area contributed by atoms with E-state index in [0.717, 1.165) is 6.42 Å². The van der Waals surface area contributed by atoms with Gasteiger partial charge in [-0.15, -0.1) is 0 Å². The van der Waals surface area contributed by atoms with Gasteiger partial charge < -0.3 is 27.7 Å². The zero-order valence-corrected chi connectivity index (χ0v) is 14.8. The molecule has 3 atom stereocenters. The molecule has 0 rings (SSSR count). The summed E-state index contributed by atoms with van der Waals surface area (Å²) in [5, 5.41) is 23.1. The van der Waals surface area contributed by atoms with Crippen LogP contribution in [0.2, 0.25) is 0 Å². The van der Waals surface area contributed by atoms with E-state index in [1.807, 2.05) is 13.8 Å². The molecule has 0 bridgehead atoms. The van der Waals surface area contributed by atoms with Crippen molar-refractivity contribution < 1.29 is 35.4 Å². The molecule has 0 aliphatic heterocycles. The molecule has 0 aromatic heterocycles. The summed E-state index contributed by atoms with van der Waals surface area (Å²) < 4.78 is 0. The van der Waals surface area contributed by atoms with Gasteiger partial charge in [0.1, 0.15) is 0 Å². The third-order valence-electron chi connectivity index (χ3n) is 3.12. The Balaban J connectivity index is -0.0000000886. The molecule has 11 nitrogen and oxygen atoms in total. The van der Waals surface area contributed by atoms with Crippen molar-refractivity contribution in [2.75, 3.05) is 0 Å². The first-order valence-electron chi connectivity index (χ1n) is 6.92. The van der Waals surface area contributed by atoms with E-state index in [0.29, 0.717) is 12.8 Å². The second-order valence-corrected chi connectivity index (χ2v) is 4.77. The Labute approximate surface area is 142 Å². The number of carbonyl (C=O) groups excluding carboxylic acids is 2. The van der Waals surface area contributed by atoms with Crippen molar-refractivity contribution in [1.29, 1.82) is 0 Å². The predicted molar refractivity (Wildman–Crippen MR) is 88.4 cm³/mol. The summed E-state index contributed by atoms with van der Waals surface area (Å²) in [6.07, 6.45) is 1.69. The van der Waals surface area contributed by atoms with Crippen molar-refractivity contribution in [1.82, 2.24) is 11.6 Å². The van der Waals surface area contributed by atoms with Crippen LogP contribution in [-0.2, 0) is 14.4 Å². The molecule has 0 saturated heterocycles. The third-order valence-corrected chi connectivity index (χ3v) is 3.12. The minimum absolute atomic E-state index is 0. The number of rotatable bonds is 7. The monoisotopic (exact) mass is 358 g/mol. The first-order chi connectivity index (χ1) is 10.2. The zero-order chi connectivity index (χ0) is 18.3. The van der Waals surface area contributed by atoms with Gasteiger partial charge in [-0.2, -0.15) is 0 Å². The fourth-order valence-electron chi connectivity index (χ4n) is 1.31. The van der Waals surface area contributed by atoms with Crippen molar-refractivity contribution in [2.45, 2.75) is 47.0 Å². The number of carboxylic acids is 1. The molecule has 11 heteroatoms. The van der Waals surface area contributed by atoms with Crippen LogP contribution in [0.1, 0.15) is 47.0 Å². The Kier molecular flexibility index (Phi) is 29.8. The van der Waals surface area contributed by atoms with Crippen LogP contribution in [0.4, 0.5) is 0 Å². The highest BCUT2D eigenvalue weighted by Gasteiger charge is 2.20. The highest BCUT2D eigenvalue weighted by atomic mass is 16.5. The van der Waals surface area contributed by atoms with Gasteiger partial charge in [0.15, 0.2) is 0 Å². The Morgan fingerprint density at radius 1 is 1.04 bits per heavy atom. The number of hydrogen-bond donors (Lipinski definition) is 7. The van der Waals surface area contributed by atoms with Gasteiger partial charge in [0, 0.05) is 11.8 Å². The van der Waals surface area contributed by atoms with E-state index in [4.69, 9.17) is 21.3 Å². The number of primary amides is 1. The topological polar surface area (TPSA) is 242 Å². The maximum atomic E-state index is 10.7. The number of amides is 2. The van der Waals surface area contributed by atoms with Crippen LogP contribution in [0.15, 0.2) is 0 Å². The van der Waals surface area contributed by atoms with Gasteiger partial charge in [-0.1, -0.05) is 27.7 Å². The van der Waals surface area contributed by atoms with Crippen LogP contribution in [0.5, 0.6) is 0 Å². The summed E-state index contributed by atoms with van der Waals surface area (Å²) in [7, 11) is 0. The van der Waals surface area contributed by atoms with E-state index in [-0.39, 0.29) is 29.4 Å². The number of aliphatic carboxylic acids is 1. The highest BCUT2D eigenvalue weighted by Crippen LogP contribution is 2.14. The minimum Gasteiger partial charge on any atom is -0.481 e. The normalized spacial score (nSPS) is 12.1. The molecule has 13 N–H and O–H groups in total. The lowest BCUT2D eigenvalue weighted by atomic mass is 9.93. The molecule has 0 heterocycles. The average molecular weight is 358 g/mol. The molecule has 0 aliphatic rings. The maximum absolute atomic E-state index is 10.7. The summed E-state index contributed by atoms with van der Waals surface area (Å²) in [5.41, 5.74) is 6.64. The molecular weight excluding hydrogens is 324 g/mol. The molecule has 0 fully saturated rings. The lowest BCUT2D eigenvalue weighted by Gasteiger charge is -2.12. The maximum Gasteiger partial charge on any atom is 0.306 e. The number of nitrogens with one attached hydrogen (secondary N) is 1. The van der Waals surface area contributed by atoms with E-state index in [1.165, 1.54) is 0 Å². The second-order valence-electron chi connectivity index (χ2n) is 4.77. The fraction of sp³-hybridized carbons (Fsp3) is 0.769.